The van der Waals surface area contributed by atoms with Crippen molar-refractivity contribution in [3.8, 4) is 0 Å². The molecule has 1 aliphatic heterocycles. The number of urea groups is 1. The number of benzene rings is 1. The Bertz CT molecular complexity index is 517. The third kappa shape index (κ3) is 3.10. The Morgan fingerprint density at radius 1 is 1.25 bits per heavy atom. The maximum absolute atomic E-state index is 12.5. The van der Waals surface area contributed by atoms with Crippen LogP contribution in [0.4, 0.5) is 16.2 Å². The quantitative estimate of drug-likeness (QED) is 0.814. The zero-order valence-electron chi connectivity index (χ0n) is 12.1. The molecule has 1 heterocycles. The van der Waals surface area contributed by atoms with E-state index in [0.717, 1.165) is 6.42 Å². The van der Waals surface area contributed by atoms with E-state index in [4.69, 9.17) is 5.73 Å². The van der Waals surface area contributed by atoms with Crippen molar-refractivity contribution in [2.45, 2.75) is 27.2 Å². The van der Waals surface area contributed by atoms with Crippen LogP contribution in [-0.2, 0) is 4.79 Å². The van der Waals surface area contributed by atoms with Gasteiger partial charge in [0.05, 0.1) is 11.6 Å². The summed E-state index contributed by atoms with van der Waals surface area (Å²) in [5.74, 6) is -0.335. The number of hydrogen-bond acceptors (Lipinski definition) is 3. The van der Waals surface area contributed by atoms with Crippen molar-refractivity contribution < 1.29 is 9.59 Å². The van der Waals surface area contributed by atoms with Crippen LogP contribution in [0, 0.1) is 11.3 Å². The highest BCUT2D eigenvalue weighted by Crippen LogP contribution is 2.29. The highest BCUT2D eigenvalue weighted by atomic mass is 16.2. The number of hydrogen-bond donors (Lipinski definition) is 2. The van der Waals surface area contributed by atoms with Gasteiger partial charge in [-0.05, 0) is 36.1 Å². The predicted octanol–water partition coefficient (Wildman–Crippen LogP) is 2.38. The fraction of sp³-hybridized carbons (Fsp3) is 0.467. The van der Waals surface area contributed by atoms with Gasteiger partial charge in [-0.15, -0.1) is 0 Å². The first-order chi connectivity index (χ1) is 9.28. The minimum atomic E-state index is -0.370. The van der Waals surface area contributed by atoms with E-state index in [2.05, 4.69) is 26.1 Å². The summed E-state index contributed by atoms with van der Waals surface area (Å²) in [7, 11) is 0. The van der Waals surface area contributed by atoms with Crippen LogP contribution in [0.2, 0.25) is 0 Å². The first kappa shape index (κ1) is 14.4. The zero-order valence-corrected chi connectivity index (χ0v) is 12.1. The minimum absolute atomic E-state index is 0.0369. The molecule has 1 atom stereocenters. The van der Waals surface area contributed by atoms with Crippen LogP contribution in [0.1, 0.15) is 27.2 Å². The number of nitrogen functional groups attached to an aromatic ring is 1. The topological polar surface area (TPSA) is 75.4 Å². The summed E-state index contributed by atoms with van der Waals surface area (Å²) >= 11 is 0. The summed E-state index contributed by atoms with van der Waals surface area (Å²) in [5.41, 5.74) is 6.83. The summed E-state index contributed by atoms with van der Waals surface area (Å²) in [6, 6.07) is 6.37. The standard InChI is InChI=1S/C15H21N3O2/c1-15(2,3)8-10-9-17-14(20)18(13(10)19)12-6-4-11(16)5-7-12/h4-7,10H,8-9,16H2,1-3H3,(H,17,20). The lowest BCUT2D eigenvalue weighted by atomic mass is 9.83. The van der Waals surface area contributed by atoms with Gasteiger partial charge in [-0.2, -0.15) is 0 Å². The first-order valence-corrected chi connectivity index (χ1v) is 6.75. The molecule has 0 saturated carbocycles. The van der Waals surface area contributed by atoms with Gasteiger partial charge < -0.3 is 11.1 Å². The van der Waals surface area contributed by atoms with E-state index in [9.17, 15) is 9.59 Å². The lowest BCUT2D eigenvalue weighted by Crippen LogP contribution is -2.55. The van der Waals surface area contributed by atoms with Crippen LogP contribution in [0.15, 0.2) is 24.3 Å². The van der Waals surface area contributed by atoms with E-state index in [1.807, 2.05) is 0 Å². The maximum Gasteiger partial charge on any atom is 0.328 e. The molecule has 3 amide bonds. The second-order valence-electron chi connectivity index (χ2n) is 6.41. The second-order valence-corrected chi connectivity index (χ2v) is 6.41. The molecular weight excluding hydrogens is 254 g/mol. The van der Waals surface area contributed by atoms with Crippen molar-refractivity contribution in [1.82, 2.24) is 5.32 Å². The molecule has 5 heteroatoms. The van der Waals surface area contributed by atoms with Crippen LogP contribution >= 0.6 is 0 Å². The number of anilines is 2. The Morgan fingerprint density at radius 3 is 2.40 bits per heavy atom. The number of imide groups is 1. The van der Waals surface area contributed by atoms with E-state index >= 15 is 0 Å². The van der Waals surface area contributed by atoms with E-state index in [-0.39, 0.29) is 23.3 Å². The van der Waals surface area contributed by atoms with Gasteiger partial charge in [0.2, 0.25) is 5.91 Å². The lowest BCUT2D eigenvalue weighted by molar-refractivity contribution is -0.123. The third-order valence-electron chi connectivity index (χ3n) is 3.28. The molecule has 108 valence electrons. The molecule has 1 aromatic rings. The molecule has 0 aromatic heterocycles. The van der Waals surface area contributed by atoms with Gasteiger partial charge in [0.1, 0.15) is 0 Å². The van der Waals surface area contributed by atoms with Crippen molar-refractivity contribution in [3.63, 3.8) is 0 Å². The van der Waals surface area contributed by atoms with Gasteiger partial charge in [-0.3, -0.25) is 4.79 Å². The molecule has 2 rings (SSSR count). The number of nitrogens with zero attached hydrogens (tertiary/aromatic N) is 1. The maximum atomic E-state index is 12.5. The molecule has 5 nitrogen and oxygen atoms in total. The highest BCUT2D eigenvalue weighted by molar-refractivity contribution is 6.16. The average molecular weight is 275 g/mol. The second kappa shape index (κ2) is 5.15. The molecule has 1 unspecified atom stereocenters. The van der Waals surface area contributed by atoms with E-state index < -0.39 is 0 Å². The molecule has 0 bridgehead atoms. The van der Waals surface area contributed by atoms with Gasteiger partial charge in [0, 0.05) is 12.2 Å². The van der Waals surface area contributed by atoms with Crippen LogP contribution in [0.3, 0.4) is 0 Å². The Kier molecular flexibility index (Phi) is 3.70. The van der Waals surface area contributed by atoms with Crippen molar-refractivity contribution in [3.05, 3.63) is 24.3 Å². The van der Waals surface area contributed by atoms with Crippen molar-refractivity contribution >= 4 is 23.3 Å². The predicted molar refractivity (Wildman–Crippen MR) is 79.3 cm³/mol. The Balaban J connectivity index is 2.24. The summed E-state index contributed by atoms with van der Waals surface area (Å²) < 4.78 is 0. The summed E-state index contributed by atoms with van der Waals surface area (Å²) in [4.78, 5) is 25.7. The first-order valence-electron chi connectivity index (χ1n) is 6.75. The number of rotatable bonds is 2. The number of nitrogens with one attached hydrogen (secondary N) is 1. The van der Waals surface area contributed by atoms with Crippen LogP contribution < -0.4 is 16.0 Å². The van der Waals surface area contributed by atoms with Gasteiger partial charge in [-0.1, -0.05) is 20.8 Å². The van der Waals surface area contributed by atoms with E-state index in [1.165, 1.54) is 4.90 Å². The minimum Gasteiger partial charge on any atom is -0.399 e. The Hall–Kier alpha value is -2.04. The Morgan fingerprint density at radius 2 is 1.85 bits per heavy atom. The van der Waals surface area contributed by atoms with Crippen LogP contribution in [0.5, 0.6) is 0 Å². The molecule has 0 aliphatic carbocycles. The lowest BCUT2D eigenvalue weighted by Gasteiger charge is -2.34. The average Bonchev–Trinajstić information content (AvgIpc) is 2.34. The summed E-state index contributed by atoms with van der Waals surface area (Å²) in [6.07, 6.45) is 0.734. The number of carbonyl (C=O) groups is 2. The zero-order chi connectivity index (χ0) is 14.9. The molecular formula is C15H21N3O2. The molecule has 1 fully saturated rings. The number of carbonyl (C=O) groups excluding carboxylic acids is 2. The highest BCUT2D eigenvalue weighted by Gasteiger charge is 2.37. The molecule has 1 saturated heterocycles. The van der Waals surface area contributed by atoms with Crippen LogP contribution in [0.25, 0.3) is 0 Å². The third-order valence-corrected chi connectivity index (χ3v) is 3.28. The normalized spacial score (nSPS) is 19.9. The molecule has 1 aromatic carbocycles. The molecule has 3 N–H and O–H groups in total. The SMILES string of the molecule is CC(C)(C)CC1CNC(=O)N(c2ccc(N)cc2)C1=O. The van der Waals surface area contributed by atoms with Crippen LogP contribution in [-0.4, -0.2) is 18.5 Å². The molecule has 20 heavy (non-hydrogen) atoms. The number of amides is 3. The van der Waals surface area contributed by atoms with E-state index in [0.29, 0.717) is 17.9 Å². The monoisotopic (exact) mass is 275 g/mol. The summed E-state index contributed by atoms with van der Waals surface area (Å²) in [5, 5.41) is 2.78. The van der Waals surface area contributed by atoms with Crippen molar-refractivity contribution in [2.24, 2.45) is 11.3 Å². The Labute approximate surface area is 119 Å². The van der Waals surface area contributed by atoms with Gasteiger partial charge in [0.15, 0.2) is 0 Å². The molecule has 0 spiro atoms. The van der Waals surface area contributed by atoms with E-state index in [1.54, 1.807) is 24.3 Å². The molecule has 0 radical (unpaired) electrons. The fourth-order valence-electron chi connectivity index (χ4n) is 2.43. The fourth-order valence-corrected chi connectivity index (χ4v) is 2.43. The van der Waals surface area contributed by atoms with Crippen molar-refractivity contribution in [1.29, 1.82) is 0 Å². The summed E-state index contributed by atoms with van der Waals surface area (Å²) in [6.45, 7) is 6.67. The smallest absolute Gasteiger partial charge is 0.328 e. The largest absolute Gasteiger partial charge is 0.399 e. The van der Waals surface area contributed by atoms with Gasteiger partial charge in [-0.25, -0.2) is 9.69 Å². The molecule has 1 aliphatic rings. The van der Waals surface area contributed by atoms with Gasteiger partial charge >= 0.3 is 6.03 Å². The van der Waals surface area contributed by atoms with Crippen molar-refractivity contribution in [2.75, 3.05) is 17.2 Å². The van der Waals surface area contributed by atoms with Gasteiger partial charge in [0.25, 0.3) is 0 Å². The number of nitrogens with two attached hydrogens (primary N) is 1.